The molecule has 0 aromatic carbocycles. The number of nitrogens with one attached hydrogen (secondary N) is 2. The minimum Gasteiger partial charge on any atom is -0.450 e. The topological polar surface area (TPSA) is 95.0 Å². The van der Waals surface area contributed by atoms with Crippen LogP contribution in [0.2, 0.25) is 0 Å². The molecule has 0 saturated carbocycles. The van der Waals surface area contributed by atoms with Crippen LogP contribution in [-0.2, 0) is 4.74 Å². The van der Waals surface area contributed by atoms with E-state index in [0.717, 1.165) is 51.1 Å². The number of aromatic nitrogens is 2. The minimum absolute atomic E-state index is 0.0540. The van der Waals surface area contributed by atoms with Gasteiger partial charge in [-0.3, -0.25) is 4.99 Å². The molecule has 9 heteroatoms. The lowest BCUT2D eigenvalue weighted by Crippen LogP contribution is -2.53. The van der Waals surface area contributed by atoms with Crippen LogP contribution in [-0.4, -0.2) is 78.8 Å². The molecule has 1 amide bonds. The van der Waals surface area contributed by atoms with Gasteiger partial charge >= 0.3 is 6.09 Å². The number of rotatable bonds is 8. The molecule has 9 nitrogen and oxygen atoms in total. The van der Waals surface area contributed by atoms with E-state index in [2.05, 4.69) is 51.2 Å². The maximum atomic E-state index is 11.9. The van der Waals surface area contributed by atoms with Crippen molar-refractivity contribution in [2.24, 2.45) is 10.9 Å². The van der Waals surface area contributed by atoms with Gasteiger partial charge in [-0.1, -0.05) is 13.8 Å². The van der Waals surface area contributed by atoms with Crippen molar-refractivity contribution in [3.05, 3.63) is 18.5 Å². The van der Waals surface area contributed by atoms with E-state index < -0.39 is 0 Å². The Kier molecular flexibility index (Phi) is 9.46. The average Bonchev–Trinajstić information content (AvgIpc) is 2.71. The highest BCUT2D eigenvalue weighted by Gasteiger charge is 2.22. The number of ether oxygens (including phenoxy) is 1. The van der Waals surface area contributed by atoms with Gasteiger partial charge in [0.1, 0.15) is 0 Å². The number of piperazine rings is 1. The summed E-state index contributed by atoms with van der Waals surface area (Å²) in [4.78, 5) is 29.8. The quantitative estimate of drug-likeness (QED) is 0.502. The third-order valence-corrected chi connectivity index (χ3v) is 4.56. The zero-order valence-corrected chi connectivity index (χ0v) is 18.1. The molecule has 2 N–H and O–H groups in total. The third-order valence-electron chi connectivity index (χ3n) is 4.56. The van der Waals surface area contributed by atoms with E-state index in [1.54, 1.807) is 19.3 Å². The number of alkyl carbamates (subject to hydrolysis) is 1. The Morgan fingerprint density at radius 3 is 2.48 bits per heavy atom. The predicted octanol–water partition coefficient (Wildman–Crippen LogP) is 1.72. The van der Waals surface area contributed by atoms with Gasteiger partial charge < -0.3 is 25.2 Å². The maximum Gasteiger partial charge on any atom is 0.407 e. The van der Waals surface area contributed by atoms with E-state index in [1.807, 2.05) is 6.07 Å². The second-order valence-electron chi connectivity index (χ2n) is 7.41. The van der Waals surface area contributed by atoms with Crippen molar-refractivity contribution in [3.63, 3.8) is 0 Å². The lowest BCUT2D eigenvalue weighted by Gasteiger charge is -2.36. The predicted molar refractivity (Wildman–Crippen MR) is 115 cm³/mol. The van der Waals surface area contributed by atoms with Gasteiger partial charge in [0, 0.05) is 45.1 Å². The molecule has 2 rings (SSSR count). The van der Waals surface area contributed by atoms with E-state index in [0.29, 0.717) is 19.1 Å². The molecule has 162 valence electrons. The van der Waals surface area contributed by atoms with Crippen molar-refractivity contribution in [3.8, 4) is 0 Å². The number of nitrogens with zero attached hydrogens (tertiary/aromatic N) is 5. The second-order valence-corrected chi connectivity index (χ2v) is 7.41. The van der Waals surface area contributed by atoms with Crippen molar-refractivity contribution < 1.29 is 9.53 Å². The highest BCUT2D eigenvalue weighted by atomic mass is 16.5. The van der Waals surface area contributed by atoms with E-state index in [1.165, 1.54) is 0 Å². The summed E-state index contributed by atoms with van der Waals surface area (Å²) < 4.78 is 5.04. The van der Waals surface area contributed by atoms with Crippen molar-refractivity contribution in [2.75, 3.05) is 50.8 Å². The Hall–Kier alpha value is -2.58. The number of aliphatic imine (C=N–C) groups is 1. The lowest BCUT2D eigenvalue weighted by atomic mass is 10.0. The fourth-order valence-electron chi connectivity index (χ4n) is 3.28. The van der Waals surface area contributed by atoms with Crippen LogP contribution in [0.1, 0.15) is 34.1 Å². The number of carbonyl (C=O) groups is 1. The Bertz CT molecular complexity index is 631. The normalized spacial score (nSPS) is 16.0. The SMILES string of the molecule is CCNC(=NCC(CC(C)C)NC(=O)OCC)N1CCN(c2ncccn2)CC1. The van der Waals surface area contributed by atoms with Crippen LogP contribution in [0.3, 0.4) is 0 Å². The number of amides is 1. The van der Waals surface area contributed by atoms with Crippen LogP contribution in [0.25, 0.3) is 0 Å². The summed E-state index contributed by atoms with van der Waals surface area (Å²) in [6.45, 7) is 13.2. The summed E-state index contributed by atoms with van der Waals surface area (Å²) in [5.74, 6) is 2.10. The maximum absolute atomic E-state index is 11.9. The molecule has 1 aromatic rings. The molecule has 0 spiro atoms. The molecule has 1 aromatic heterocycles. The molecule has 0 bridgehead atoms. The largest absolute Gasteiger partial charge is 0.450 e. The van der Waals surface area contributed by atoms with Crippen LogP contribution in [0.4, 0.5) is 10.7 Å². The molecule has 1 saturated heterocycles. The first kappa shape index (κ1) is 22.7. The van der Waals surface area contributed by atoms with Crippen LogP contribution < -0.4 is 15.5 Å². The molecule has 0 aliphatic carbocycles. The molecule has 1 fully saturated rings. The van der Waals surface area contributed by atoms with Gasteiger partial charge in [-0.2, -0.15) is 0 Å². The Labute approximate surface area is 173 Å². The van der Waals surface area contributed by atoms with Gasteiger partial charge in [0.15, 0.2) is 5.96 Å². The van der Waals surface area contributed by atoms with E-state index >= 15 is 0 Å². The Balaban J connectivity index is 1.97. The van der Waals surface area contributed by atoms with Gasteiger partial charge in [0.2, 0.25) is 5.95 Å². The van der Waals surface area contributed by atoms with Crippen molar-refractivity contribution >= 4 is 18.0 Å². The monoisotopic (exact) mass is 405 g/mol. The van der Waals surface area contributed by atoms with Gasteiger partial charge in [0.25, 0.3) is 0 Å². The van der Waals surface area contributed by atoms with Crippen molar-refractivity contribution in [1.29, 1.82) is 0 Å². The molecule has 1 aliphatic rings. The fraction of sp³-hybridized carbons (Fsp3) is 0.700. The molecule has 1 aliphatic heterocycles. The second kappa shape index (κ2) is 12.1. The lowest BCUT2D eigenvalue weighted by molar-refractivity contribution is 0.147. The fourth-order valence-corrected chi connectivity index (χ4v) is 3.28. The van der Waals surface area contributed by atoms with Crippen LogP contribution in [0.5, 0.6) is 0 Å². The van der Waals surface area contributed by atoms with Crippen LogP contribution in [0, 0.1) is 5.92 Å². The smallest absolute Gasteiger partial charge is 0.407 e. The number of guanidine groups is 1. The van der Waals surface area contributed by atoms with Gasteiger partial charge in [-0.15, -0.1) is 0 Å². The van der Waals surface area contributed by atoms with Crippen LogP contribution >= 0.6 is 0 Å². The number of anilines is 1. The zero-order valence-electron chi connectivity index (χ0n) is 18.1. The molecule has 29 heavy (non-hydrogen) atoms. The summed E-state index contributed by atoms with van der Waals surface area (Å²) in [5.41, 5.74) is 0. The van der Waals surface area contributed by atoms with E-state index in [9.17, 15) is 4.79 Å². The molecular weight excluding hydrogens is 370 g/mol. The summed E-state index contributed by atoms with van der Waals surface area (Å²) in [7, 11) is 0. The average molecular weight is 406 g/mol. The first-order valence-corrected chi connectivity index (χ1v) is 10.5. The van der Waals surface area contributed by atoms with E-state index in [4.69, 9.17) is 9.73 Å². The van der Waals surface area contributed by atoms with Crippen molar-refractivity contribution in [1.82, 2.24) is 25.5 Å². The number of carbonyl (C=O) groups excluding carboxylic acids is 1. The summed E-state index contributed by atoms with van der Waals surface area (Å²) in [6, 6.07) is 1.77. The minimum atomic E-state index is -0.380. The molecular formula is C20H35N7O2. The first-order valence-electron chi connectivity index (χ1n) is 10.5. The molecule has 0 radical (unpaired) electrons. The number of hydrogen-bond acceptors (Lipinski definition) is 6. The zero-order chi connectivity index (χ0) is 21.1. The highest BCUT2D eigenvalue weighted by molar-refractivity contribution is 5.80. The first-order chi connectivity index (χ1) is 14.0. The van der Waals surface area contributed by atoms with E-state index in [-0.39, 0.29) is 12.1 Å². The standard InChI is InChI=1S/C20H35N7O2/c1-5-21-18(24-15-17(14-16(3)4)25-20(28)29-6-2)26-10-12-27(13-11-26)19-22-8-7-9-23-19/h7-9,16-17H,5-6,10-15H2,1-4H3,(H,21,24)(H,25,28). The highest BCUT2D eigenvalue weighted by Crippen LogP contribution is 2.10. The summed E-state index contributed by atoms with van der Waals surface area (Å²) in [6.07, 6.45) is 4.01. The van der Waals surface area contributed by atoms with Crippen LogP contribution in [0.15, 0.2) is 23.5 Å². The molecule has 2 heterocycles. The number of hydrogen-bond donors (Lipinski definition) is 2. The summed E-state index contributed by atoms with van der Waals surface area (Å²) >= 11 is 0. The van der Waals surface area contributed by atoms with Gasteiger partial charge in [-0.05, 0) is 32.3 Å². The van der Waals surface area contributed by atoms with Gasteiger partial charge in [-0.25, -0.2) is 14.8 Å². The molecule has 1 unspecified atom stereocenters. The van der Waals surface area contributed by atoms with Gasteiger partial charge in [0.05, 0.1) is 19.2 Å². The Morgan fingerprint density at radius 1 is 1.21 bits per heavy atom. The van der Waals surface area contributed by atoms with Crippen molar-refractivity contribution in [2.45, 2.75) is 40.2 Å². The third kappa shape index (κ3) is 7.75. The molecule has 1 atom stereocenters. The Morgan fingerprint density at radius 2 is 1.90 bits per heavy atom. The summed E-state index contributed by atoms with van der Waals surface area (Å²) in [5, 5.41) is 6.32.